The molecule has 0 spiro atoms. The Kier molecular flexibility index (Phi) is 4.56. The Hall–Kier alpha value is -4.00. The van der Waals surface area contributed by atoms with Crippen molar-refractivity contribution in [1.29, 1.82) is 0 Å². The number of aryl methyl sites for hydroxylation is 1. The number of rotatable bonds is 5. The zero-order chi connectivity index (χ0) is 20.5. The summed E-state index contributed by atoms with van der Waals surface area (Å²) in [6, 6.07) is 15.6. The van der Waals surface area contributed by atoms with Crippen molar-refractivity contribution in [3.05, 3.63) is 92.9 Å². The fraction of sp³-hybridized carbons (Fsp3) is 0.0909. The van der Waals surface area contributed by atoms with Gasteiger partial charge in [0.25, 0.3) is 5.56 Å². The van der Waals surface area contributed by atoms with Crippen molar-refractivity contribution in [2.45, 2.75) is 13.5 Å². The van der Waals surface area contributed by atoms with E-state index in [-0.39, 0.29) is 23.5 Å². The minimum atomic E-state index is -1.14. The molecule has 4 rings (SSSR count). The zero-order valence-electron chi connectivity index (χ0n) is 15.5. The lowest BCUT2D eigenvalue weighted by Crippen LogP contribution is -2.13. The van der Waals surface area contributed by atoms with Crippen LogP contribution in [-0.2, 0) is 6.54 Å². The van der Waals surface area contributed by atoms with Crippen LogP contribution >= 0.6 is 0 Å². The first kappa shape index (κ1) is 18.4. The predicted molar refractivity (Wildman–Crippen MR) is 111 cm³/mol. The smallest absolute Gasteiger partial charge is 0.353 e. The van der Waals surface area contributed by atoms with Crippen molar-refractivity contribution in [3.8, 4) is 11.1 Å². The third kappa shape index (κ3) is 3.23. The Balaban J connectivity index is 2.05. The van der Waals surface area contributed by atoms with E-state index < -0.39 is 5.97 Å². The first-order valence-electron chi connectivity index (χ1n) is 8.96. The van der Waals surface area contributed by atoms with Gasteiger partial charge in [-0.2, -0.15) is 0 Å². The van der Waals surface area contributed by atoms with Crippen LogP contribution in [0.15, 0.2) is 70.8 Å². The summed E-state index contributed by atoms with van der Waals surface area (Å²) >= 11 is 0. The first-order valence-corrected chi connectivity index (χ1v) is 8.96. The van der Waals surface area contributed by atoms with Gasteiger partial charge in [0, 0.05) is 34.8 Å². The van der Waals surface area contributed by atoms with Crippen LogP contribution in [0.3, 0.4) is 0 Å². The Morgan fingerprint density at radius 2 is 1.97 bits per heavy atom. The molecule has 7 nitrogen and oxygen atoms in total. The molecule has 2 N–H and O–H groups in total. The molecule has 0 fully saturated rings. The number of aromatic amines is 1. The molecule has 2 aromatic heterocycles. The highest BCUT2D eigenvalue weighted by molar-refractivity contribution is 6.08. The Bertz CT molecular complexity index is 1320. The molecule has 0 amide bonds. The van der Waals surface area contributed by atoms with Gasteiger partial charge in [0.05, 0.1) is 0 Å². The molecule has 144 valence electrons. The summed E-state index contributed by atoms with van der Waals surface area (Å²) in [6.07, 6.45) is 1.51. The summed E-state index contributed by atoms with van der Waals surface area (Å²) in [4.78, 5) is 38.2. The van der Waals surface area contributed by atoms with E-state index in [1.165, 1.54) is 6.20 Å². The summed E-state index contributed by atoms with van der Waals surface area (Å²) in [5.41, 5.74) is 2.98. The van der Waals surface area contributed by atoms with Crippen molar-refractivity contribution in [2.75, 3.05) is 0 Å². The lowest BCUT2D eigenvalue weighted by Gasteiger charge is -2.10. The highest BCUT2D eigenvalue weighted by atomic mass is 16.4. The summed E-state index contributed by atoms with van der Waals surface area (Å²) in [5, 5.41) is 13.7. The van der Waals surface area contributed by atoms with Crippen molar-refractivity contribution in [1.82, 2.24) is 9.55 Å². The van der Waals surface area contributed by atoms with Crippen LogP contribution < -0.4 is 5.56 Å². The van der Waals surface area contributed by atoms with Gasteiger partial charge in [0.15, 0.2) is 0 Å². The molecule has 2 heterocycles. The monoisotopic (exact) mass is 387 g/mol. The van der Waals surface area contributed by atoms with E-state index in [1.54, 1.807) is 41.0 Å². The summed E-state index contributed by atoms with van der Waals surface area (Å²) in [6.45, 7) is 2.13. The molecule has 29 heavy (non-hydrogen) atoms. The van der Waals surface area contributed by atoms with Gasteiger partial charge in [0.1, 0.15) is 11.4 Å². The second kappa shape index (κ2) is 7.20. The highest BCUT2D eigenvalue weighted by Gasteiger charge is 2.25. The lowest BCUT2D eigenvalue weighted by atomic mass is 10.0. The van der Waals surface area contributed by atoms with Gasteiger partial charge >= 0.3 is 5.97 Å². The second-order valence-corrected chi connectivity index (χ2v) is 6.81. The molecular formula is C22H17N3O4. The number of pyridine rings is 1. The molecule has 0 aliphatic heterocycles. The average Bonchev–Trinajstić information content (AvgIpc) is 3.02. The third-order valence-corrected chi connectivity index (χ3v) is 4.87. The summed E-state index contributed by atoms with van der Waals surface area (Å²) in [5.74, 6) is -1.14. The fourth-order valence-corrected chi connectivity index (χ4v) is 3.64. The molecule has 4 aromatic rings. The highest BCUT2D eigenvalue weighted by Crippen LogP contribution is 2.35. The van der Waals surface area contributed by atoms with E-state index in [1.807, 2.05) is 25.1 Å². The van der Waals surface area contributed by atoms with Crippen LogP contribution in [0.4, 0.5) is 5.69 Å². The molecule has 0 bridgehead atoms. The largest absolute Gasteiger partial charge is 0.477 e. The van der Waals surface area contributed by atoms with E-state index in [0.29, 0.717) is 22.0 Å². The normalized spacial score (nSPS) is 10.9. The number of carboxylic acid groups (broad SMARTS) is 1. The molecule has 0 aliphatic carbocycles. The van der Waals surface area contributed by atoms with Gasteiger partial charge in [-0.05, 0) is 54.1 Å². The SMILES string of the molecule is Cc1ccc2c(c1)c(-c1ccc[nH]c1=O)c(C(=O)O)n2Cc1cccc(N=O)c1. The fourth-order valence-electron chi connectivity index (χ4n) is 3.64. The summed E-state index contributed by atoms with van der Waals surface area (Å²) < 4.78 is 1.66. The number of carbonyl (C=O) groups is 1. The van der Waals surface area contributed by atoms with Crippen LogP contribution in [0.1, 0.15) is 21.6 Å². The minimum absolute atomic E-state index is 0.0202. The van der Waals surface area contributed by atoms with Crippen LogP contribution in [0.2, 0.25) is 0 Å². The summed E-state index contributed by atoms with van der Waals surface area (Å²) in [7, 11) is 0. The molecule has 0 atom stereocenters. The van der Waals surface area contributed by atoms with E-state index in [0.717, 1.165) is 11.1 Å². The maximum atomic E-state index is 12.5. The molecule has 0 saturated carbocycles. The Labute approximate surface area is 165 Å². The Morgan fingerprint density at radius 3 is 2.69 bits per heavy atom. The van der Waals surface area contributed by atoms with E-state index >= 15 is 0 Å². The standard InChI is InChI=1S/C22H17N3O4/c1-13-7-8-18-17(10-13)19(16-6-3-9-23-21(16)26)20(22(27)28)25(18)12-14-4-2-5-15(11-14)24-29/h2-11H,12H2,1H3,(H,23,26)(H,27,28). The maximum absolute atomic E-state index is 12.5. The topological polar surface area (TPSA) is 105 Å². The number of nitrogens with zero attached hydrogens (tertiary/aromatic N) is 2. The number of nitrogens with one attached hydrogen (secondary N) is 1. The quantitative estimate of drug-likeness (QED) is 0.494. The van der Waals surface area contributed by atoms with Gasteiger partial charge in [0.2, 0.25) is 0 Å². The molecule has 7 heteroatoms. The number of hydrogen-bond donors (Lipinski definition) is 2. The zero-order valence-corrected chi connectivity index (χ0v) is 15.5. The number of hydrogen-bond acceptors (Lipinski definition) is 4. The van der Waals surface area contributed by atoms with Gasteiger partial charge in [-0.3, -0.25) is 4.79 Å². The number of fused-ring (bicyclic) bond motifs is 1. The Morgan fingerprint density at radius 1 is 1.14 bits per heavy atom. The van der Waals surface area contributed by atoms with Gasteiger partial charge in [-0.25, -0.2) is 4.79 Å². The number of H-pyrrole nitrogens is 1. The van der Waals surface area contributed by atoms with Crippen LogP contribution in [0, 0.1) is 11.8 Å². The van der Waals surface area contributed by atoms with E-state index in [4.69, 9.17) is 0 Å². The molecule has 0 saturated heterocycles. The molecule has 2 aromatic carbocycles. The van der Waals surface area contributed by atoms with Crippen molar-refractivity contribution < 1.29 is 9.90 Å². The van der Waals surface area contributed by atoms with Crippen LogP contribution in [0.25, 0.3) is 22.0 Å². The van der Waals surface area contributed by atoms with Crippen molar-refractivity contribution in [2.24, 2.45) is 5.18 Å². The van der Waals surface area contributed by atoms with Gasteiger partial charge in [-0.1, -0.05) is 23.8 Å². The van der Waals surface area contributed by atoms with E-state index in [9.17, 15) is 19.6 Å². The number of carboxylic acids is 1. The number of nitroso groups, excluding NO2 is 1. The first-order chi connectivity index (χ1) is 14.0. The van der Waals surface area contributed by atoms with Crippen LogP contribution in [0.5, 0.6) is 0 Å². The third-order valence-electron chi connectivity index (χ3n) is 4.87. The predicted octanol–water partition coefficient (Wildman–Crippen LogP) is 4.45. The lowest BCUT2D eigenvalue weighted by molar-refractivity contribution is 0.0687. The molecule has 0 unspecified atom stereocenters. The van der Waals surface area contributed by atoms with Crippen LogP contribution in [-0.4, -0.2) is 20.6 Å². The number of aromatic nitrogens is 2. The van der Waals surface area contributed by atoms with Gasteiger partial charge in [-0.15, -0.1) is 4.91 Å². The number of benzene rings is 2. The van der Waals surface area contributed by atoms with Crippen molar-refractivity contribution in [3.63, 3.8) is 0 Å². The second-order valence-electron chi connectivity index (χ2n) is 6.81. The van der Waals surface area contributed by atoms with Gasteiger partial charge < -0.3 is 14.7 Å². The maximum Gasteiger partial charge on any atom is 0.353 e. The molecule has 0 aliphatic rings. The molecule has 0 radical (unpaired) electrons. The van der Waals surface area contributed by atoms with Crippen molar-refractivity contribution >= 4 is 22.6 Å². The molecular weight excluding hydrogens is 370 g/mol. The number of aromatic carboxylic acids is 1. The average molecular weight is 387 g/mol. The van der Waals surface area contributed by atoms with E-state index in [2.05, 4.69) is 10.2 Å². The minimum Gasteiger partial charge on any atom is -0.477 e.